The van der Waals surface area contributed by atoms with Crippen molar-refractivity contribution in [2.45, 2.75) is 5.88 Å². The van der Waals surface area contributed by atoms with E-state index in [-0.39, 0.29) is 5.88 Å². The molecule has 0 unspecified atom stereocenters. The molecule has 0 aliphatic heterocycles. The molecule has 0 saturated heterocycles. The van der Waals surface area contributed by atoms with Gasteiger partial charge in [-0.25, -0.2) is 4.39 Å². The van der Waals surface area contributed by atoms with Crippen molar-refractivity contribution in [1.29, 1.82) is 0 Å². The van der Waals surface area contributed by atoms with E-state index in [0.29, 0.717) is 26.2 Å². The molecule has 2 rings (SSSR count). The summed E-state index contributed by atoms with van der Waals surface area (Å²) in [6, 6.07) is 7.63. The van der Waals surface area contributed by atoms with Crippen LogP contribution in [0.25, 0.3) is 11.1 Å². The first-order valence-corrected chi connectivity index (χ1v) is 6.69. The molecule has 0 heterocycles. The fourth-order valence-electron chi connectivity index (χ4n) is 1.65. The van der Waals surface area contributed by atoms with Crippen LogP contribution in [0.15, 0.2) is 30.3 Å². The standard InChI is InChI=1S/C13H7Cl4F/c14-6-7-1-2-12(18)9(3-7)13-10(16)4-8(15)5-11(13)17/h1-5H,6H2. The lowest BCUT2D eigenvalue weighted by Crippen LogP contribution is -1.90. The largest absolute Gasteiger partial charge is 0.206 e. The first-order valence-electron chi connectivity index (χ1n) is 5.02. The lowest BCUT2D eigenvalue weighted by molar-refractivity contribution is 0.631. The van der Waals surface area contributed by atoms with E-state index in [2.05, 4.69) is 0 Å². The van der Waals surface area contributed by atoms with Gasteiger partial charge in [-0.05, 0) is 29.8 Å². The molecule has 0 atom stereocenters. The maximum atomic E-state index is 13.9. The number of hydrogen-bond donors (Lipinski definition) is 0. The van der Waals surface area contributed by atoms with Gasteiger partial charge in [0.1, 0.15) is 5.82 Å². The molecule has 0 saturated carbocycles. The van der Waals surface area contributed by atoms with Crippen molar-refractivity contribution in [3.63, 3.8) is 0 Å². The fourth-order valence-corrected chi connectivity index (χ4v) is 2.83. The maximum Gasteiger partial charge on any atom is 0.131 e. The molecular formula is C13H7Cl4F. The van der Waals surface area contributed by atoms with Crippen molar-refractivity contribution < 1.29 is 4.39 Å². The van der Waals surface area contributed by atoms with Crippen LogP contribution in [0.3, 0.4) is 0 Å². The molecule has 0 aromatic heterocycles. The van der Waals surface area contributed by atoms with E-state index in [1.165, 1.54) is 18.2 Å². The molecular weight excluding hydrogens is 317 g/mol. The van der Waals surface area contributed by atoms with Crippen molar-refractivity contribution >= 4 is 46.4 Å². The quantitative estimate of drug-likeness (QED) is 0.578. The van der Waals surface area contributed by atoms with Gasteiger partial charge in [0.15, 0.2) is 0 Å². The summed E-state index contributed by atoms with van der Waals surface area (Å²) in [5.41, 5.74) is 1.53. The zero-order valence-corrected chi connectivity index (χ0v) is 12.0. The van der Waals surface area contributed by atoms with Crippen LogP contribution in [-0.2, 0) is 5.88 Å². The lowest BCUT2D eigenvalue weighted by Gasteiger charge is -2.10. The Balaban J connectivity index is 2.68. The molecule has 0 radical (unpaired) electrons. The molecule has 2 aromatic rings. The predicted molar refractivity (Wildman–Crippen MR) is 76.4 cm³/mol. The summed E-state index contributed by atoms with van der Waals surface area (Å²) in [6.45, 7) is 0. The molecule has 5 heteroatoms. The molecule has 94 valence electrons. The summed E-state index contributed by atoms with van der Waals surface area (Å²) in [4.78, 5) is 0. The second-order valence-electron chi connectivity index (χ2n) is 3.69. The third kappa shape index (κ3) is 2.75. The predicted octanol–water partition coefficient (Wildman–Crippen LogP) is 6.19. The topological polar surface area (TPSA) is 0 Å². The van der Waals surface area contributed by atoms with E-state index in [1.54, 1.807) is 12.1 Å². The van der Waals surface area contributed by atoms with Gasteiger partial charge in [0.2, 0.25) is 0 Å². The Labute approximate surface area is 124 Å². The minimum atomic E-state index is -0.407. The number of alkyl halides is 1. The highest BCUT2D eigenvalue weighted by atomic mass is 35.5. The average Bonchev–Trinajstić information content (AvgIpc) is 2.30. The van der Waals surface area contributed by atoms with E-state index in [9.17, 15) is 4.39 Å². The van der Waals surface area contributed by atoms with Crippen molar-refractivity contribution in [3.8, 4) is 11.1 Å². The van der Waals surface area contributed by atoms with Gasteiger partial charge < -0.3 is 0 Å². The summed E-state index contributed by atoms with van der Waals surface area (Å²) < 4.78 is 13.9. The summed E-state index contributed by atoms with van der Waals surface area (Å²) in [5, 5.41) is 1.01. The van der Waals surface area contributed by atoms with E-state index in [4.69, 9.17) is 46.4 Å². The van der Waals surface area contributed by atoms with Gasteiger partial charge in [-0.3, -0.25) is 0 Å². The molecule has 0 bridgehead atoms. The van der Waals surface area contributed by atoms with Gasteiger partial charge in [0.25, 0.3) is 0 Å². The van der Waals surface area contributed by atoms with E-state index in [1.807, 2.05) is 0 Å². The van der Waals surface area contributed by atoms with Gasteiger partial charge >= 0.3 is 0 Å². The van der Waals surface area contributed by atoms with Crippen LogP contribution in [0.2, 0.25) is 15.1 Å². The highest BCUT2D eigenvalue weighted by molar-refractivity contribution is 6.41. The molecule has 0 N–H and O–H groups in total. The van der Waals surface area contributed by atoms with Crippen molar-refractivity contribution in [1.82, 2.24) is 0 Å². The number of halogens is 5. The highest BCUT2D eigenvalue weighted by Crippen LogP contribution is 2.38. The number of benzene rings is 2. The molecule has 2 aromatic carbocycles. The molecule has 0 aliphatic rings. The van der Waals surface area contributed by atoms with Crippen molar-refractivity contribution in [3.05, 3.63) is 56.8 Å². The molecule has 0 spiro atoms. The van der Waals surface area contributed by atoms with Crippen molar-refractivity contribution in [2.75, 3.05) is 0 Å². The normalized spacial score (nSPS) is 10.7. The van der Waals surface area contributed by atoms with Crippen LogP contribution >= 0.6 is 46.4 Å². The summed E-state index contributed by atoms with van der Waals surface area (Å²) in [6.07, 6.45) is 0. The monoisotopic (exact) mass is 322 g/mol. The summed E-state index contributed by atoms with van der Waals surface area (Å²) in [5.74, 6) is -0.120. The number of hydrogen-bond acceptors (Lipinski definition) is 0. The Morgan fingerprint density at radius 2 is 1.56 bits per heavy atom. The third-order valence-corrected chi connectivity index (χ3v) is 3.58. The number of rotatable bonds is 2. The third-order valence-electron chi connectivity index (χ3n) is 2.46. The molecule has 0 amide bonds. The Morgan fingerprint density at radius 3 is 2.11 bits per heavy atom. The van der Waals surface area contributed by atoms with Gasteiger partial charge in [-0.1, -0.05) is 40.9 Å². The minimum absolute atomic E-state index is 0.288. The lowest BCUT2D eigenvalue weighted by atomic mass is 10.0. The van der Waals surface area contributed by atoms with E-state index < -0.39 is 5.82 Å². The van der Waals surface area contributed by atoms with Crippen molar-refractivity contribution in [2.24, 2.45) is 0 Å². The Morgan fingerprint density at radius 1 is 0.944 bits per heavy atom. The SMILES string of the molecule is Fc1ccc(CCl)cc1-c1c(Cl)cc(Cl)cc1Cl. The maximum absolute atomic E-state index is 13.9. The van der Waals surface area contributed by atoms with Gasteiger partial charge in [-0.15, -0.1) is 11.6 Å². The molecule has 0 aliphatic carbocycles. The van der Waals surface area contributed by atoms with Crippen LogP contribution in [0.4, 0.5) is 4.39 Å². The second kappa shape index (κ2) is 5.66. The van der Waals surface area contributed by atoms with Crippen LogP contribution in [0.5, 0.6) is 0 Å². The van der Waals surface area contributed by atoms with Gasteiger partial charge in [0.05, 0.1) is 10.0 Å². The first kappa shape index (κ1) is 14.0. The Hall–Kier alpha value is -0.470. The fraction of sp³-hybridized carbons (Fsp3) is 0.0769. The van der Waals surface area contributed by atoms with Gasteiger partial charge in [0, 0.05) is 22.0 Å². The smallest absolute Gasteiger partial charge is 0.131 e. The molecule has 18 heavy (non-hydrogen) atoms. The zero-order valence-electron chi connectivity index (χ0n) is 8.98. The highest BCUT2D eigenvalue weighted by Gasteiger charge is 2.14. The Kier molecular flexibility index (Phi) is 4.39. The van der Waals surface area contributed by atoms with Crippen LogP contribution in [0, 0.1) is 5.82 Å². The molecule has 0 fully saturated rings. The summed E-state index contributed by atoms with van der Waals surface area (Å²) >= 11 is 23.7. The zero-order chi connectivity index (χ0) is 13.3. The first-order chi connectivity index (χ1) is 8.52. The van der Waals surface area contributed by atoms with E-state index >= 15 is 0 Å². The minimum Gasteiger partial charge on any atom is -0.206 e. The Bertz CT molecular complexity index is 573. The van der Waals surface area contributed by atoms with Gasteiger partial charge in [-0.2, -0.15) is 0 Å². The second-order valence-corrected chi connectivity index (χ2v) is 5.21. The van der Waals surface area contributed by atoms with Crippen LogP contribution in [-0.4, -0.2) is 0 Å². The van der Waals surface area contributed by atoms with Crippen LogP contribution < -0.4 is 0 Å². The van der Waals surface area contributed by atoms with E-state index in [0.717, 1.165) is 5.56 Å². The molecule has 0 nitrogen and oxygen atoms in total. The van der Waals surface area contributed by atoms with Crippen LogP contribution in [0.1, 0.15) is 5.56 Å². The average molecular weight is 324 g/mol. The summed E-state index contributed by atoms with van der Waals surface area (Å²) in [7, 11) is 0.